The lowest BCUT2D eigenvalue weighted by molar-refractivity contribution is 0.304. The Morgan fingerprint density at radius 1 is 1.26 bits per heavy atom. The molecular formula is C12H12N4OS2. The van der Waals surface area contributed by atoms with E-state index >= 15 is 0 Å². The Labute approximate surface area is 118 Å². The molecule has 1 aromatic carbocycles. The van der Waals surface area contributed by atoms with Gasteiger partial charge in [0.05, 0.1) is 5.75 Å². The summed E-state index contributed by atoms with van der Waals surface area (Å²) in [4.78, 5) is 0.815. The normalized spacial score (nSPS) is 11.0. The van der Waals surface area contributed by atoms with Gasteiger partial charge < -0.3 is 4.74 Å². The highest BCUT2D eigenvalue weighted by Gasteiger charge is 2.11. The van der Waals surface area contributed by atoms with Crippen LogP contribution in [0.15, 0.2) is 30.3 Å². The van der Waals surface area contributed by atoms with Crippen molar-refractivity contribution in [3.05, 3.63) is 41.2 Å². The van der Waals surface area contributed by atoms with Crippen LogP contribution < -0.4 is 4.74 Å². The number of thioether (sulfide) groups is 1. The SMILES string of the molecule is CSCc1nnc2sc(COc3ccccc3)nn12. The maximum Gasteiger partial charge on any atom is 0.234 e. The first-order chi connectivity index (χ1) is 9.36. The number of fused-ring (bicyclic) bond motifs is 1. The second-order valence-electron chi connectivity index (χ2n) is 3.84. The summed E-state index contributed by atoms with van der Waals surface area (Å²) in [6.45, 7) is 0.455. The second-order valence-corrected chi connectivity index (χ2v) is 5.75. The number of hydrogen-bond donors (Lipinski definition) is 0. The molecule has 0 aliphatic heterocycles. The molecule has 19 heavy (non-hydrogen) atoms. The van der Waals surface area contributed by atoms with Gasteiger partial charge in [-0.3, -0.25) is 0 Å². The topological polar surface area (TPSA) is 52.3 Å². The van der Waals surface area contributed by atoms with Crippen LogP contribution in [-0.2, 0) is 12.4 Å². The Balaban J connectivity index is 1.75. The van der Waals surface area contributed by atoms with Gasteiger partial charge in [0, 0.05) is 0 Å². The molecule has 7 heteroatoms. The lowest BCUT2D eigenvalue weighted by atomic mass is 10.3. The molecule has 0 saturated heterocycles. The summed E-state index contributed by atoms with van der Waals surface area (Å²) < 4.78 is 7.47. The van der Waals surface area contributed by atoms with E-state index in [4.69, 9.17) is 4.74 Å². The van der Waals surface area contributed by atoms with Crippen molar-refractivity contribution in [3.63, 3.8) is 0 Å². The minimum Gasteiger partial charge on any atom is -0.486 e. The average molecular weight is 292 g/mol. The van der Waals surface area contributed by atoms with E-state index in [9.17, 15) is 0 Å². The van der Waals surface area contributed by atoms with Crippen LogP contribution in [0.5, 0.6) is 5.75 Å². The fourth-order valence-corrected chi connectivity index (χ4v) is 2.84. The monoisotopic (exact) mass is 292 g/mol. The van der Waals surface area contributed by atoms with E-state index in [0.29, 0.717) is 6.61 Å². The molecule has 3 aromatic rings. The summed E-state index contributed by atoms with van der Waals surface area (Å²) in [7, 11) is 0. The Morgan fingerprint density at radius 3 is 2.89 bits per heavy atom. The molecule has 0 aliphatic rings. The van der Waals surface area contributed by atoms with E-state index in [-0.39, 0.29) is 0 Å². The van der Waals surface area contributed by atoms with Crippen molar-refractivity contribution in [2.24, 2.45) is 0 Å². The van der Waals surface area contributed by atoms with Crippen LogP contribution >= 0.6 is 23.1 Å². The molecule has 5 nitrogen and oxygen atoms in total. The highest BCUT2D eigenvalue weighted by Crippen LogP contribution is 2.18. The Kier molecular flexibility index (Phi) is 3.65. The second kappa shape index (κ2) is 5.58. The number of para-hydroxylation sites is 1. The number of ether oxygens (including phenoxy) is 1. The van der Waals surface area contributed by atoms with E-state index < -0.39 is 0 Å². The smallest absolute Gasteiger partial charge is 0.234 e. The van der Waals surface area contributed by atoms with Crippen LogP contribution in [0.2, 0.25) is 0 Å². The summed E-state index contributed by atoms with van der Waals surface area (Å²) in [6, 6.07) is 9.72. The predicted octanol–water partition coefficient (Wildman–Crippen LogP) is 2.63. The molecule has 0 atom stereocenters. The highest BCUT2D eigenvalue weighted by molar-refractivity contribution is 7.97. The van der Waals surface area contributed by atoms with Crippen molar-refractivity contribution in [2.45, 2.75) is 12.4 Å². The Bertz CT molecular complexity index is 665. The van der Waals surface area contributed by atoms with Crippen molar-refractivity contribution >= 4 is 28.1 Å². The summed E-state index contributed by atoms with van der Waals surface area (Å²) in [6.07, 6.45) is 2.03. The molecule has 0 spiro atoms. The fourth-order valence-electron chi connectivity index (χ4n) is 1.64. The number of hydrogen-bond acceptors (Lipinski definition) is 6. The Hall–Kier alpha value is -1.60. The zero-order valence-corrected chi connectivity index (χ0v) is 11.9. The molecular weight excluding hydrogens is 280 g/mol. The maximum atomic E-state index is 5.67. The molecule has 0 saturated carbocycles. The van der Waals surface area contributed by atoms with Gasteiger partial charge in [-0.1, -0.05) is 29.5 Å². The third-order valence-corrected chi connectivity index (χ3v) is 3.90. The van der Waals surface area contributed by atoms with Crippen LogP contribution in [0.25, 0.3) is 4.96 Å². The zero-order chi connectivity index (χ0) is 13.1. The summed E-state index contributed by atoms with van der Waals surface area (Å²) >= 11 is 3.21. The highest BCUT2D eigenvalue weighted by atomic mass is 32.2. The molecule has 0 aliphatic carbocycles. The average Bonchev–Trinajstić information content (AvgIpc) is 3.00. The molecule has 0 bridgehead atoms. The van der Waals surface area contributed by atoms with E-state index in [0.717, 1.165) is 27.3 Å². The summed E-state index contributed by atoms with van der Waals surface area (Å²) in [5, 5.41) is 13.6. The molecule has 0 amide bonds. The van der Waals surface area contributed by atoms with E-state index in [2.05, 4.69) is 15.3 Å². The van der Waals surface area contributed by atoms with Gasteiger partial charge in [-0.15, -0.1) is 10.2 Å². The largest absolute Gasteiger partial charge is 0.486 e. The van der Waals surface area contributed by atoms with Crippen LogP contribution in [-0.4, -0.2) is 26.1 Å². The van der Waals surface area contributed by atoms with Crippen LogP contribution in [0.4, 0.5) is 0 Å². The van der Waals surface area contributed by atoms with Crippen LogP contribution in [0.3, 0.4) is 0 Å². The lowest BCUT2D eigenvalue weighted by Gasteiger charge is -2.02. The molecule has 0 N–H and O–H groups in total. The first-order valence-corrected chi connectivity index (χ1v) is 7.94. The van der Waals surface area contributed by atoms with Crippen molar-refractivity contribution in [1.82, 2.24) is 19.8 Å². The third-order valence-electron chi connectivity index (χ3n) is 2.48. The van der Waals surface area contributed by atoms with Crippen LogP contribution in [0, 0.1) is 0 Å². The molecule has 0 fully saturated rings. The van der Waals surface area contributed by atoms with E-state index in [1.165, 1.54) is 11.3 Å². The number of aromatic nitrogens is 4. The lowest BCUT2D eigenvalue weighted by Crippen LogP contribution is -1.98. The molecule has 98 valence electrons. The van der Waals surface area contributed by atoms with Gasteiger partial charge in [-0.25, -0.2) is 0 Å². The molecule has 2 heterocycles. The van der Waals surface area contributed by atoms with Gasteiger partial charge in [0.25, 0.3) is 0 Å². The van der Waals surface area contributed by atoms with Crippen molar-refractivity contribution in [3.8, 4) is 5.75 Å². The van der Waals surface area contributed by atoms with E-state index in [1.54, 1.807) is 16.3 Å². The third kappa shape index (κ3) is 2.71. The standard InChI is InChI=1S/C12H12N4OS2/c1-18-8-10-13-14-12-16(10)15-11(19-12)7-17-9-5-3-2-4-6-9/h2-6H,7-8H2,1H3. The summed E-state index contributed by atoms with van der Waals surface area (Å²) in [5.41, 5.74) is 0. The maximum absolute atomic E-state index is 5.67. The van der Waals surface area contributed by atoms with Gasteiger partial charge in [0.2, 0.25) is 4.96 Å². The van der Waals surface area contributed by atoms with E-state index in [1.807, 2.05) is 36.6 Å². The minimum atomic E-state index is 0.455. The molecule has 3 rings (SSSR count). The minimum absolute atomic E-state index is 0.455. The van der Waals surface area contributed by atoms with Gasteiger partial charge in [0.1, 0.15) is 12.4 Å². The van der Waals surface area contributed by atoms with Gasteiger partial charge in [0.15, 0.2) is 10.8 Å². The first-order valence-electron chi connectivity index (χ1n) is 5.73. The number of rotatable bonds is 5. The fraction of sp³-hybridized carbons (Fsp3) is 0.250. The number of benzene rings is 1. The summed E-state index contributed by atoms with van der Waals surface area (Å²) in [5.74, 6) is 2.53. The van der Waals surface area contributed by atoms with Gasteiger partial charge >= 0.3 is 0 Å². The molecule has 0 unspecified atom stereocenters. The number of nitrogens with zero attached hydrogens (tertiary/aromatic N) is 4. The van der Waals surface area contributed by atoms with Crippen LogP contribution in [0.1, 0.15) is 10.8 Å². The first kappa shape index (κ1) is 12.4. The quantitative estimate of drug-likeness (QED) is 0.723. The van der Waals surface area contributed by atoms with Crippen molar-refractivity contribution < 1.29 is 4.74 Å². The van der Waals surface area contributed by atoms with Crippen molar-refractivity contribution in [2.75, 3.05) is 6.26 Å². The van der Waals surface area contributed by atoms with Gasteiger partial charge in [-0.05, 0) is 18.4 Å². The van der Waals surface area contributed by atoms with Gasteiger partial charge in [-0.2, -0.15) is 21.4 Å². The molecule has 0 radical (unpaired) electrons. The van der Waals surface area contributed by atoms with Crippen molar-refractivity contribution in [1.29, 1.82) is 0 Å². The predicted molar refractivity (Wildman–Crippen MR) is 76.7 cm³/mol. The Morgan fingerprint density at radius 2 is 2.11 bits per heavy atom. The zero-order valence-electron chi connectivity index (χ0n) is 10.3. The molecule has 2 aromatic heterocycles.